The molecule has 0 saturated carbocycles. The van der Waals surface area contributed by atoms with Gasteiger partial charge in [0.15, 0.2) is 0 Å². The summed E-state index contributed by atoms with van der Waals surface area (Å²) in [5.74, 6) is 0.603. The number of carbonyl (C=O) groups is 2. The number of nitrogens with zero attached hydrogens (tertiary/aromatic N) is 3. The van der Waals surface area contributed by atoms with Crippen LogP contribution in [0.1, 0.15) is 25.7 Å². The van der Waals surface area contributed by atoms with Crippen molar-refractivity contribution in [1.82, 2.24) is 19.8 Å². The van der Waals surface area contributed by atoms with E-state index in [1.807, 2.05) is 40.7 Å². The molecule has 1 N–H and O–H groups in total. The first-order valence-electron chi connectivity index (χ1n) is 8.14. The number of nitrogens with one attached hydrogen (secondary N) is 1. The molecule has 7 nitrogen and oxygen atoms in total. The largest absolute Gasteiger partial charge is 0.378 e. The Morgan fingerprint density at radius 1 is 1.29 bits per heavy atom. The van der Waals surface area contributed by atoms with Crippen LogP contribution in [0.4, 0.5) is 0 Å². The highest BCUT2D eigenvalue weighted by Gasteiger charge is 2.22. The number of rotatable bonds is 4. The lowest BCUT2D eigenvalue weighted by atomic mass is 10.3. The first-order chi connectivity index (χ1) is 11.6. The second kappa shape index (κ2) is 7.00. The molecule has 7 heteroatoms. The monoisotopic (exact) mass is 330 g/mol. The number of aromatic nitrogens is 2. The third kappa shape index (κ3) is 3.41. The van der Waals surface area contributed by atoms with Gasteiger partial charge >= 0.3 is 0 Å². The molecule has 1 aromatic heterocycles. The van der Waals surface area contributed by atoms with Crippen molar-refractivity contribution in [3.05, 3.63) is 30.1 Å². The highest BCUT2D eigenvalue weighted by atomic mass is 16.5. The Labute approximate surface area is 140 Å². The highest BCUT2D eigenvalue weighted by molar-refractivity contribution is 5.81. The van der Waals surface area contributed by atoms with Crippen LogP contribution >= 0.6 is 0 Å². The lowest BCUT2D eigenvalue weighted by Crippen LogP contribution is -2.42. The fraction of sp³-hybridized carbons (Fsp3) is 0.471. The molecule has 128 valence electrons. The zero-order chi connectivity index (χ0) is 17.1. The Hall–Kier alpha value is -2.41. The van der Waals surface area contributed by atoms with Gasteiger partial charge in [-0.25, -0.2) is 4.98 Å². The summed E-state index contributed by atoms with van der Waals surface area (Å²) in [5.41, 5.74) is 1.71. The van der Waals surface area contributed by atoms with Gasteiger partial charge in [0.25, 0.3) is 0 Å². The summed E-state index contributed by atoms with van der Waals surface area (Å²) in [6, 6.07) is 7.42. The van der Waals surface area contributed by atoms with Crippen molar-refractivity contribution in [3.63, 3.8) is 0 Å². The minimum absolute atomic E-state index is 0.0396. The van der Waals surface area contributed by atoms with E-state index in [4.69, 9.17) is 4.74 Å². The number of morpholine rings is 1. The number of carbonyl (C=O) groups excluding carboxylic acids is 2. The van der Waals surface area contributed by atoms with E-state index in [0.29, 0.717) is 32.1 Å². The van der Waals surface area contributed by atoms with Gasteiger partial charge in [-0.1, -0.05) is 12.1 Å². The van der Waals surface area contributed by atoms with Gasteiger partial charge in [0.05, 0.1) is 30.3 Å². The van der Waals surface area contributed by atoms with Crippen LogP contribution in [0, 0.1) is 0 Å². The van der Waals surface area contributed by atoms with E-state index in [-0.39, 0.29) is 24.4 Å². The zero-order valence-corrected chi connectivity index (χ0v) is 14.0. The van der Waals surface area contributed by atoms with Crippen LogP contribution in [0.2, 0.25) is 0 Å². The number of hydrogen-bond donors (Lipinski definition) is 1. The van der Waals surface area contributed by atoms with Crippen LogP contribution in [0.5, 0.6) is 0 Å². The van der Waals surface area contributed by atoms with E-state index in [0.717, 1.165) is 11.0 Å². The van der Waals surface area contributed by atoms with Gasteiger partial charge in [-0.3, -0.25) is 9.59 Å². The number of benzene rings is 1. The molecule has 1 saturated heterocycles. The normalized spacial score (nSPS) is 16.2. The number of hydrogen-bond acceptors (Lipinski definition) is 4. The van der Waals surface area contributed by atoms with Crippen LogP contribution in [0.3, 0.4) is 0 Å². The third-order valence-electron chi connectivity index (χ3n) is 4.15. The summed E-state index contributed by atoms with van der Waals surface area (Å²) in [6.45, 7) is 5.93. The van der Waals surface area contributed by atoms with Gasteiger partial charge in [-0.05, 0) is 19.1 Å². The number of amides is 2. The standard InChI is InChI=1S/C17H22N4O3/c1-12(18-13(2)22)17-19-14-5-3-4-6-15(14)21(17)11-16(23)20-7-9-24-10-8-20/h3-6,12H,7-11H2,1-2H3,(H,18,22). The van der Waals surface area contributed by atoms with Crippen LogP contribution in [-0.4, -0.2) is 52.6 Å². The molecular weight excluding hydrogens is 308 g/mol. The summed E-state index contributed by atoms with van der Waals surface area (Å²) < 4.78 is 7.20. The molecule has 0 aliphatic carbocycles. The number of para-hydroxylation sites is 2. The lowest BCUT2D eigenvalue weighted by Gasteiger charge is -2.27. The van der Waals surface area contributed by atoms with Crippen LogP contribution in [0.15, 0.2) is 24.3 Å². The molecule has 2 aromatic rings. The van der Waals surface area contributed by atoms with Crippen LogP contribution in [0.25, 0.3) is 11.0 Å². The smallest absolute Gasteiger partial charge is 0.242 e. The first-order valence-corrected chi connectivity index (χ1v) is 8.14. The van der Waals surface area contributed by atoms with E-state index in [9.17, 15) is 9.59 Å². The number of imidazole rings is 1. The van der Waals surface area contributed by atoms with E-state index in [1.54, 1.807) is 0 Å². The molecule has 0 bridgehead atoms. The Kier molecular flexibility index (Phi) is 4.80. The average Bonchev–Trinajstić information content (AvgIpc) is 2.94. The van der Waals surface area contributed by atoms with E-state index >= 15 is 0 Å². The van der Waals surface area contributed by atoms with Crippen molar-refractivity contribution < 1.29 is 14.3 Å². The Morgan fingerprint density at radius 2 is 2.00 bits per heavy atom. The molecule has 1 aromatic carbocycles. The van der Waals surface area contributed by atoms with Gasteiger partial charge in [0.2, 0.25) is 11.8 Å². The molecule has 24 heavy (non-hydrogen) atoms. The SMILES string of the molecule is CC(=O)NC(C)c1nc2ccccc2n1CC(=O)N1CCOCC1. The molecule has 3 rings (SSSR count). The maximum atomic E-state index is 12.6. The van der Waals surface area contributed by atoms with E-state index in [1.165, 1.54) is 6.92 Å². The van der Waals surface area contributed by atoms with Crippen LogP contribution < -0.4 is 5.32 Å². The maximum Gasteiger partial charge on any atom is 0.242 e. The Morgan fingerprint density at radius 3 is 2.71 bits per heavy atom. The second-order valence-corrected chi connectivity index (χ2v) is 5.96. The molecule has 1 unspecified atom stereocenters. The second-order valence-electron chi connectivity index (χ2n) is 5.96. The predicted octanol–water partition coefficient (Wildman–Crippen LogP) is 1.09. The van der Waals surface area contributed by atoms with Crippen molar-refractivity contribution in [2.75, 3.05) is 26.3 Å². The van der Waals surface area contributed by atoms with E-state index in [2.05, 4.69) is 10.3 Å². The summed E-state index contributed by atoms with van der Waals surface area (Å²) >= 11 is 0. The van der Waals surface area contributed by atoms with Crippen molar-refractivity contribution in [2.45, 2.75) is 26.4 Å². The zero-order valence-electron chi connectivity index (χ0n) is 14.0. The Balaban J connectivity index is 1.91. The molecule has 2 amide bonds. The first kappa shape index (κ1) is 16.4. The lowest BCUT2D eigenvalue weighted by molar-refractivity contribution is -0.135. The van der Waals surface area contributed by atoms with E-state index < -0.39 is 0 Å². The molecule has 2 heterocycles. The van der Waals surface area contributed by atoms with Gasteiger partial charge in [0.1, 0.15) is 12.4 Å². The molecule has 1 aliphatic rings. The molecule has 1 aliphatic heterocycles. The minimum Gasteiger partial charge on any atom is -0.378 e. The topological polar surface area (TPSA) is 76.5 Å². The molecule has 1 atom stereocenters. The highest BCUT2D eigenvalue weighted by Crippen LogP contribution is 2.21. The Bertz CT molecular complexity index is 749. The third-order valence-corrected chi connectivity index (χ3v) is 4.15. The van der Waals surface area contributed by atoms with Crippen molar-refractivity contribution in [3.8, 4) is 0 Å². The van der Waals surface area contributed by atoms with Gasteiger partial charge in [-0.2, -0.15) is 0 Å². The minimum atomic E-state index is -0.271. The average molecular weight is 330 g/mol. The molecule has 0 spiro atoms. The van der Waals surface area contributed by atoms with Crippen LogP contribution in [-0.2, 0) is 20.9 Å². The molecular formula is C17H22N4O3. The molecule has 1 fully saturated rings. The summed E-state index contributed by atoms with van der Waals surface area (Å²) in [6.07, 6.45) is 0. The summed E-state index contributed by atoms with van der Waals surface area (Å²) in [5, 5.41) is 2.85. The van der Waals surface area contributed by atoms with Crippen molar-refractivity contribution >= 4 is 22.8 Å². The summed E-state index contributed by atoms with van der Waals surface area (Å²) in [4.78, 5) is 30.5. The maximum absolute atomic E-state index is 12.6. The fourth-order valence-electron chi connectivity index (χ4n) is 3.01. The quantitative estimate of drug-likeness (QED) is 0.910. The summed E-state index contributed by atoms with van der Waals surface area (Å²) in [7, 11) is 0. The van der Waals surface area contributed by atoms with Gasteiger partial charge in [0, 0.05) is 20.0 Å². The number of ether oxygens (including phenoxy) is 1. The van der Waals surface area contributed by atoms with Gasteiger partial charge in [-0.15, -0.1) is 0 Å². The van der Waals surface area contributed by atoms with Gasteiger partial charge < -0.3 is 19.5 Å². The van der Waals surface area contributed by atoms with Crippen molar-refractivity contribution in [1.29, 1.82) is 0 Å². The number of fused-ring (bicyclic) bond motifs is 1. The fourth-order valence-corrected chi connectivity index (χ4v) is 3.01. The molecule has 0 radical (unpaired) electrons. The van der Waals surface area contributed by atoms with Crippen molar-refractivity contribution in [2.24, 2.45) is 0 Å². The predicted molar refractivity (Wildman–Crippen MR) is 89.4 cm³/mol.